The topological polar surface area (TPSA) is 59.4 Å². The second-order valence-electron chi connectivity index (χ2n) is 10.9. The zero-order valence-electron chi connectivity index (χ0n) is 22.7. The van der Waals surface area contributed by atoms with Gasteiger partial charge in [0.1, 0.15) is 5.75 Å². The zero-order chi connectivity index (χ0) is 25.9. The van der Waals surface area contributed by atoms with Gasteiger partial charge in [-0.1, -0.05) is 18.6 Å². The largest absolute Gasteiger partial charge is 0.497 e. The molecule has 6 nitrogen and oxygen atoms in total. The number of methoxy groups -OCH3 is 1. The molecule has 1 saturated carbocycles. The molecular weight excluding hydrogens is 460 g/mol. The Morgan fingerprint density at radius 3 is 2.62 bits per heavy atom. The highest BCUT2D eigenvalue weighted by Crippen LogP contribution is 2.37. The van der Waals surface area contributed by atoms with E-state index >= 15 is 0 Å². The number of carbonyl (C=O) groups is 1. The highest BCUT2D eigenvalue weighted by Gasteiger charge is 2.29. The van der Waals surface area contributed by atoms with Gasteiger partial charge in [0.15, 0.2) is 0 Å². The molecule has 0 bridgehead atoms. The van der Waals surface area contributed by atoms with E-state index in [2.05, 4.69) is 39.6 Å². The van der Waals surface area contributed by atoms with E-state index < -0.39 is 0 Å². The van der Waals surface area contributed by atoms with Crippen LogP contribution in [0, 0.1) is 6.92 Å². The van der Waals surface area contributed by atoms with E-state index in [-0.39, 0.29) is 11.9 Å². The number of aromatic nitrogens is 2. The molecule has 3 atom stereocenters. The van der Waals surface area contributed by atoms with E-state index in [1.165, 1.54) is 57.2 Å². The van der Waals surface area contributed by atoms with Gasteiger partial charge in [-0.2, -0.15) is 5.10 Å². The maximum absolute atomic E-state index is 13.5. The molecule has 1 aliphatic carbocycles. The number of hydrogen-bond acceptors (Lipinski definition) is 4. The minimum Gasteiger partial charge on any atom is -0.497 e. The number of hydrogen-bond donors (Lipinski definition) is 1. The molecule has 2 unspecified atom stereocenters. The SMILES string of the molecule is COc1cc(-c2cnn(C)c2)cc([C@@H](C)NC(=O)c2cc(C3CCCC(N4CCCC4)C3)ccc2C)c1. The van der Waals surface area contributed by atoms with Crippen molar-refractivity contribution in [3.8, 4) is 16.9 Å². The van der Waals surface area contributed by atoms with Crippen molar-refractivity contribution in [3.63, 3.8) is 0 Å². The van der Waals surface area contributed by atoms with Crippen LogP contribution in [0.25, 0.3) is 11.1 Å². The van der Waals surface area contributed by atoms with E-state index in [9.17, 15) is 4.79 Å². The molecule has 6 heteroatoms. The number of aryl methyl sites for hydroxylation is 2. The Kier molecular flexibility index (Phi) is 7.65. The first-order chi connectivity index (χ1) is 17.9. The summed E-state index contributed by atoms with van der Waals surface area (Å²) in [6.45, 7) is 6.57. The smallest absolute Gasteiger partial charge is 0.252 e. The van der Waals surface area contributed by atoms with Gasteiger partial charge >= 0.3 is 0 Å². The van der Waals surface area contributed by atoms with Crippen molar-refractivity contribution in [1.82, 2.24) is 20.0 Å². The van der Waals surface area contributed by atoms with E-state index in [1.54, 1.807) is 11.8 Å². The summed E-state index contributed by atoms with van der Waals surface area (Å²) >= 11 is 0. The van der Waals surface area contributed by atoms with Crippen molar-refractivity contribution in [2.24, 2.45) is 7.05 Å². The van der Waals surface area contributed by atoms with Gasteiger partial charge in [-0.15, -0.1) is 0 Å². The first-order valence-corrected chi connectivity index (χ1v) is 13.7. The zero-order valence-corrected chi connectivity index (χ0v) is 22.7. The van der Waals surface area contributed by atoms with Crippen LogP contribution in [-0.4, -0.2) is 46.8 Å². The first-order valence-electron chi connectivity index (χ1n) is 13.7. The summed E-state index contributed by atoms with van der Waals surface area (Å²) in [6.07, 6.45) is 11.5. The Labute approximate surface area is 221 Å². The standard InChI is InChI=1S/C31H40N4O2/c1-21-10-11-24(23-8-7-9-28(15-23)35-12-5-6-13-35)18-30(21)31(36)33-22(2)25-14-26(17-29(16-25)37-4)27-19-32-34(3)20-27/h10-11,14,16-20,22-23,28H,5-9,12-13,15H2,1-4H3,(H,33,36)/t22-,23?,28?/m1/s1. The fourth-order valence-electron chi connectivity index (χ4n) is 6.13. The minimum absolute atomic E-state index is 0.0236. The molecule has 1 N–H and O–H groups in total. The van der Waals surface area contributed by atoms with Crippen LogP contribution in [-0.2, 0) is 7.05 Å². The quantitative estimate of drug-likeness (QED) is 0.431. The fourth-order valence-corrected chi connectivity index (χ4v) is 6.13. The fraction of sp³-hybridized carbons (Fsp3) is 0.484. The van der Waals surface area contributed by atoms with Gasteiger partial charge in [0.05, 0.1) is 19.3 Å². The van der Waals surface area contributed by atoms with E-state index in [0.29, 0.717) is 12.0 Å². The summed E-state index contributed by atoms with van der Waals surface area (Å²) < 4.78 is 7.35. The molecular formula is C31H40N4O2. The third kappa shape index (κ3) is 5.74. The summed E-state index contributed by atoms with van der Waals surface area (Å²) in [5, 5.41) is 7.55. The van der Waals surface area contributed by atoms with E-state index in [1.807, 2.05) is 45.4 Å². The van der Waals surface area contributed by atoms with Crippen molar-refractivity contribution in [3.05, 3.63) is 71.0 Å². The maximum Gasteiger partial charge on any atom is 0.252 e. The van der Waals surface area contributed by atoms with Gasteiger partial charge in [0.2, 0.25) is 0 Å². The van der Waals surface area contributed by atoms with Crippen molar-refractivity contribution < 1.29 is 9.53 Å². The lowest BCUT2D eigenvalue weighted by molar-refractivity contribution is 0.0939. The number of benzene rings is 2. The number of nitrogens with one attached hydrogen (secondary N) is 1. The van der Waals surface area contributed by atoms with Crippen LogP contribution in [0.5, 0.6) is 5.75 Å². The molecule has 1 amide bonds. The molecule has 196 valence electrons. The third-order valence-corrected chi connectivity index (χ3v) is 8.33. The molecule has 37 heavy (non-hydrogen) atoms. The number of amides is 1. The predicted octanol–water partition coefficient (Wildman–Crippen LogP) is 6.02. The predicted molar refractivity (Wildman–Crippen MR) is 148 cm³/mol. The van der Waals surface area contributed by atoms with Gasteiger partial charge in [-0.3, -0.25) is 9.48 Å². The Morgan fingerprint density at radius 1 is 1.08 bits per heavy atom. The summed E-state index contributed by atoms with van der Waals surface area (Å²) in [5.74, 6) is 1.27. The molecule has 2 heterocycles. The average molecular weight is 501 g/mol. The highest BCUT2D eigenvalue weighted by molar-refractivity contribution is 5.96. The van der Waals surface area contributed by atoms with E-state index in [4.69, 9.17) is 4.74 Å². The lowest BCUT2D eigenvalue weighted by Gasteiger charge is -2.35. The Balaban J connectivity index is 1.33. The van der Waals surface area contributed by atoms with Crippen LogP contribution in [0.1, 0.15) is 84.5 Å². The minimum atomic E-state index is -0.171. The molecule has 0 radical (unpaired) electrons. The van der Waals surface area contributed by atoms with Crippen LogP contribution in [0.2, 0.25) is 0 Å². The molecule has 2 aromatic carbocycles. The first kappa shape index (κ1) is 25.5. The number of rotatable bonds is 7. The molecule has 3 aromatic rings. The highest BCUT2D eigenvalue weighted by atomic mass is 16.5. The molecule has 1 aliphatic heterocycles. The number of nitrogens with zero attached hydrogens (tertiary/aromatic N) is 3. The Hall–Kier alpha value is -3.12. The summed E-state index contributed by atoms with van der Waals surface area (Å²) in [7, 11) is 3.58. The average Bonchev–Trinajstić information content (AvgIpc) is 3.61. The van der Waals surface area contributed by atoms with Gasteiger partial charge < -0.3 is 15.0 Å². The van der Waals surface area contributed by atoms with E-state index in [0.717, 1.165) is 33.6 Å². The number of ether oxygens (including phenoxy) is 1. The number of likely N-dealkylation sites (tertiary alicyclic amines) is 1. The van der Waals surface area contributed by atoms with Gasteiger partial charge in [-0.25, -0.2) is 0 Å². The van der Waals surface area contributed by atoms with Crippen LogP contribution in [0.15, 0.2) is 48.8 Å². The van der Waals surface area contributed by atoms with Crippen LogP contribution < -0.4 is 10.1 Å². The normalized spacial score (nSPS) is 21.1. The molecule has 2 fully saturated rings. The van der Waals surface area contributed by atoms with Crippen LogP contribution >= 0.6 is 0 Å². The van der Waals surface area contributed by atoms with Crippen molar-refractivity contribution in [2.45, 2.75) is 70.4 Å². The van der Waals surface area contributed by atoms with Crippen LogP contribution in [0.3, 0.4) is 0 Å². The lowest BCUT2D eigenvalue weighted by atomic mass is 9.80. The second kappa shape index (κ2) is 11.1. The molecule has 1 aromatic heterocycles. The van der Waals surface area contributed by atoms with Crippen LogP contribution in [0.4, 0.5) is 0 Å². The maximum atomic E-state index is 13.5. The summed E-state index contributed by atoms with van der Waals surface area (Å²) in [4.78, 5) is 16.2. The molecule has 2 aliphatic rings. The van der Waals surface area contributed by atoms with Crippen molar-refractivity contribution in [2.75, 3.05) is 20.2 Å². The van der Waals surface area contributed by atoms with Gasteiger partial charge in [0.25, 0.3) is 5.91 Å². The third-order valence-electron chi connectivity index (χ3n) is 8.33. The van der Waals surface area contributed by atoms with Gasteiger partial charge in [-0.05, 0) is 111 Å². The lowest BCUT2D eigenvalue weighted by Crippen LogP contribution is -2.36. The second-order valence-corrected chi connectivity index (χ2v) is 10.9. The summed E-state index contributed by atoms with van der Waals surface area (Å²) in [6, 6.07) is 13.2. The van der Waals surface area contributed by atoms with Gasteiger partial charge in [0, 0.05) is 30.4 Å². The van der Waals surface area contributed by atoms with Crippen molar-refractivity contribution in [1.29, 1.82) is 0 Å². The molecule has 5 rings (SSSR count). The Bertz CT molecular complexity index is 1240. The molecule has 0 spiro atoms. The number of carbonyl (C=O) groups excluding carboxylic acids is 1. The molecule has 1 saturated heterocycles. The summed E-state index contributed by atoms with van der Waals surface area (Å²) in [5.41, 5.74) is 6.15. The van der Waals surface area contributed by atoms with Crippen molar-refractivity contribution >= 4 is 5.91 Å². The Morgan fingerprint density at radius 2 is 1.89 bits per heavy atom. The monoisotopic (exact) mass is 500 g/mol.